The molecule has 0 bridgehead atoms. The fourth-order valence-corrected chi connectivity index (χ4v) is 1.36. The van der Waals surface area contributed by atoms with Gasteiger partial charge in [0.15, 0.2) is 0 Å². The van der Waals surface area contributed by atoms with E-state index >= 15 is 0 Å². The maximum atomic E-state index is 10.2. The summed E-state index contributed by atoms with van der Waals surface area (Å²) in [6, 6.07) is 0. The van der Waals surface area contributed by atoms with Crippen molar-refractivity contribution in [1.82, 2.24) is 5.32 Å². The molecule has 7 heteroatoms. The summed E-state index contributed by atoms with van der Waals surface area (Å²) in [6.07, 6.45) is 3.03. The molecular weight excluding hydrogens is 241 g/mol. The van der Waals surface area contributed by atoms with Crippen molar-refractivity contribution in [3.8, 4) is 0 Å². The zero-order valence-corrected chi connectivity index (χ0v) is 13.0. The summed E-state index contributed by atoms with van der Waals surface area (Å²) in [7, 11) is -4.07. The van der Waals surface area contributed by atoms with E-state index in [1.807, 2.05) is 0 Å². The quantitative estimate of drug-likeness (QED) is 0.264. The summed E-state index contributed by atoms with van der Waals surface area (Å²) in [6.45, 7) is 4.47. The summed E-state index contributed by atoms with van der Waals surface area (Å²) >= 11 is 0. The maximum absolute atomic E-state index is 10.2. The van der Waals surface area contributed by atoms with Gasteiger partial charge in [-0.15, -0.1) is 0 Å². The van der Waals surface area contributed by atoms with Crippen LogP contribution >= 0.6 is 0 Å². The molecule has 92 valence electrons. The van der Waals surface area contributed by atoms with Gasteiger partial charge in [0.05, 0.1) is 15.9 Å². The second kappa shape index (κ2) is 12.3. The van der Waals surface area contributed by atoms with Crippen molar-refractivity contribution in [2.45, 2.75) is 26.2 Å². The Kier molecular flexibility index (Phi) is 14.7. The predicted molar refractivity (Wildman–Crippen MR) is 57.8 cm³/mol. The molecule has 0 spiro atoms. The van der Waals surface area contributed by atoms with Crippen LogP contribution in [0.1, 0.15) is 26.2 Å². The van der Waals surface area contributed by atoms with E-state index in [0.717, 1.165) is 25.9 Å². The number of ether oxygens (including phenoxy) is 1. The Hall–Kier alpha value is 0.830. The molecule has 0 fully saturated rings. The maximum Gasteiger partial charge on any atom is 1.00 e. The molecule has 0 aromatic heterocycles. The minimum atomic E-state index is -4.07. The standard InChI is InChI=1S/C9H21NO4S.Na/c1-2-3-7-14-8-4-5-10-6-9-15(11,12)13;/h10H,2-9H2,1H3,(H,11,12,13);/q;+1/p-1. The zero-order valence-electron chi connectivity index (χ0n) is 10.2. The van der Waals surface area contributed by atoms with E-state index in [4.69, 9.17) is 4.74 Å². The molecule has 0 saturated carbocycles. The van der Waals surface area contributed by atoms with Gasteiger partial charge in [-0.05, 0) is 19.4 Å². The SMILES string of the molecule is CCCCOCCCNCCS(=O)(=O)[O-].[Na+]. The van der Waals surface area contributed by atoms with Crippen LogP contribution in [-0.2, 0) is 14.9 Å². The first kappa shape index (κ1) is 19.2. The third-order valence-corrected chi connectivity index (χ3v) is 2.52. The Morgan fingerprint density at radius 3 is 2.38 bits per heavy atom. The molecule has 0 aliphatic heterocycles. The molecule has 0 aromatic carbocycles. The van der Waals surface area contributed by atoms with Crippen molar-refractivity contribution in [2.75, 3.05) is 32.1 Å². The molecule has 0 aliphatic rings. The van der Waals surface area contributed by atoms with Gasteiger partial charge in [-0.1, -0.05) is 13.3 Å². The fraction of sp³-hybridized carbons (Fsp3) is 1.00. The number of nitrogens with one attached hydrogen (secondary N) is 1. The Labute approximate surface area is 120 Å². The van der Waals surface area contributed by atoms with E-state index in [0.29, 0.717) is 13.2 Å². The van der Waals surface area contributed by atoms with Crippen LogP contribution in [0.4, 0.5) is 0 Å². The molecular formula is C9H20NNaO4S. The predicted octanol–water partition coefficient (Wildman–Crippen LogP) is -2.67. The molecule has 0 heterocycles. The molecule has 0 aliphatic carbocycles. The van der Waals surface area contributed by atoms with Crippen molar-refractivity contribution in [3.63, 3.8) is 0 Å². The van der Waals surface area contributed by atoms with Gasteiger partial charge in [-0.2, -0.15) is 0 Å². The van der Waals surface area contributed by atoms with E-state index in [-0.39, 0.29) is 41.9 Å². The Morgan fingerprint density at radius 1 is 1.19 bits per heavy atom. The average molecular weight is 261 g/mol. The van der Waals surface area contributed by atoms with E-state index in [1.165, 1.54) is 0 Å². The van der Waals surface area contributed by atoms with E-state index in [9.17, 15) is 13.0 Å². The summed E-state index contributed by atoms with van der Waals surface area (Å²) in [5.74, 6) is -0.344. The van der Waals surface area contributed by atoms with Gasteiger partial charge in [0.2, 0.25) is 0 Å². The van der Waals surface area contributed by atoms with Gasteiger partial charge >= 0.3 is 29.6 Å². The van der Waals surface area contributed by atoms with Gasteiger partial charge in [-0.25, -0.2) is 8.42 Å². The molecule has 1 N–H and O–H groups in total. The number of unbranched alkanes of at least 4 members (excludes halogenated alkanes) is 1. The second-order valence-electron chi connectivity index (χ2n) is 3.33. The Morgan fingerprint density at radius 2 is 1.81 bits per heavy atom. The zero-order chi connectivity index (χ0) is 11.6. The van der Waals surface area contributed by atoms with Crippen LogP contribution in [-0.4, -0.2) is 45.0 Å². The second-order valence-corrected chi connectivity index (χ2v) is 4.85. The van der Waals surface area contributed by atoms with Crippen LogP contribution in [0.5, 0.6) is 0 Å². The minimum Gasteiger partial charge on any atom is -0.748 e. The van der Waals surface area contributed by atoms with E-state index in [2.05, 4.69) is 12.2 Å². The summed E-state index contributed by atoms with van der Waals surface area (Å²) in [5.41, 5.74) is 0. The molecule has 0 saturated heterocycles. The first-order valence-electron chi connectivity index (χ1n) is 5.28. The summed E-state index contributed by atoms with van der Waals surface area (Å²) in [4.78, 5) is 0. The van der Waals surface area contributed by atoms with Gasteiger partial charge in [0, 0.05) is 19.8 Å². The molecule has 5 nitrogen and oxygen atoms in total. The third-order valence-electron chi connectivity index (χ3n) is 1.81. The van der Waals surface area contributed by atoms with Crippen LogP contribution < -0.4 is 34.9 Å². The van der Waals surface area contributed by atoms with Crippen molar-refractivity contribution in [1.29, 1.82) is 0 Å². The fourth-order valence-electron chi connectivity index (χ4n) is 0.970. The van der Waals surface area contributed by atoms with Crippen molar-refractivity contribution in [3.05, 3.63) is 0 Å². The van der Waals surface area contributed by atoms with Crippen LogP contribution in [0.3, 0.4) is 0 Å². The van der Waals surface area contributed by atoms with E-state index < -0.39 is 10.1 Å². The van der Waals surface area contributed by atoms with Crippen LogP contribution in [0, 0.1) is 0 Å². The number of rotatable bonds is 10. The molecule has 0 amide bonds. The summed E-state index contributed by atoms with van der Waals surface area (Å²) < 4.78 is 36.0. The van der Waals surface area contributed by atoms with Crippen molar-refractivity contribution in [2.24, 2.45) is 0 Å². The minimum absolute atomic E-state index is 0. The van der Waals surface area contributed by atoms with Gasteiger partial charge in [-0.3, -0.25) is 0 Å². The van der Waals surface area contributed by atoms with E-state index in [1.54, 1.807) is 0 Å². The van der Waals surface area contributed by atoms with Crippen LogP contribution in [0.25, 0.3) is 0 Å². The van der Waals surface area contributed by atoms with Gasteiger partial charge in [0.1, 0.15) is 0 Å². The number of hydrogen-bond acceptors (Lipinski definition) is 5. The van der Waals surface area contributed by atoms with Crippen LogP contribution in [0.2, 0.25) is 0 Å². The Bertz CT molecular complexity index is 234. The van der Waals surface area contributed by atoms with Gasteiger partial charge < -0.3 is 14.6 Å². The molecule has 16 heavy (non-hydrogen) atoms. The molecule has 0 aromatic rings. The first-order chi connectivity index (χ1) is 7.06. The largest absolute Gasteiger partial charge is 1.00 e. The topological polar surface area (TPSA) is 78.5 Å². The van der Waals surface area contributed by atoms with Crippen LogP contribution in [0.15, 0.2) is 0 Å². The number of hydrogen-bond donors (Lipinski definition) is 1. The first-order valence-corrected chi connectivity index (χ1v) is 6.86. The molecule has 0 atom stereocenters. The van der Waals surface area contributed by atoms with Crippen molar-refractivity contribution >= 4 is 10.1 Å². The van der Waals surface area contributed by atoms with Crippen molar-refractivity contribution < 1.29 is 47.3 Å². The third kappa shape index (κ3) is 17.2. The Balaban J connectivity index is 0. The molecule has 0 radical (unpaired) electrons. The monoisotopic (exact) mass is 261 g/mol. The van der Waals surface area contributed by atoms with Gasteiger partial charge in [0.25, 0.3) is 0 Å². The molecule has 0 unspecified atom stereocenters. The molecule has 0 rings (SSSR count). The summed E-state index contributed by atoms with van der Waals surface area (Å²) in [5, 5.41) is 2.87. The smallest absolute Gasteiger partial charge is 0.748 e. The average Bonchev–Trinajstić information content (AvgIpc) is 2.14. The normalized spacial score (nSPS) is 11.1.